The van der Waals surface area contributed by atoms with Crippen molar-refractivity contribution in [2.24, 2.45) is 5.16 Å². The van der Waals surface area contributed by atoms with Gasteiger partial charge in [-0.1, -0.05) is 66.2 Å². The van der Waals surface area contributed by atoms with Crippen molar-refractivity contribution in [2.75, 3.05) is 32.5 Å². The summed E-state index contributed by atoms with van der Waals surface area (Å²) in [4.78, 5) is 27.8. The summed E-state index contributed by atoms with van der Waals surface area (Å²) < 4.78 is 0. The van der Waals surface area contributed by atoms with E-state index < -0.39 is 11.9 Å². The number of carboxylic acids is 2. The second kappa shape index (κ2) is 13.5. The highest BCUT2D eigenvalue weighted by Crippen LogP contribution is 2.24. The minimum absolute atomic E-state index is 0.622. The molecule has 3 aromatic rings. The van der Waals surface area contributed by atoms with Gasteiger partial charge in [0.15, 0.2) is 0 Å². The number of nitrogens with zero attached hydrogens (tertiary/aromatic N) is 2. The Morgan fingerprint density at radius 3 is 2.23 bits per heavy atom. The number of carboxylic acid groups (broad SMARTS) is 2. The van der Waals surface area contributed by atoms with E-state index in [-0.39, 0.29) is 0 Å². The lowest BCUT2D eigenvalue weighted by Crippen LogP contribution is -2.32. The van der Waals surface area contributed by atoms with Crippen molar-refractivity contribution >= 4 is 40.2 Å². The second-order valence-corrected chi connectivity index (χ2v) is 8.92. The molecule has 7 nitrogen and oxygen atoms in total. The van der Waals surface area contributed by atoms with Crippen LogP contribution in [0.5, 0.6) is 0 Å². The molecule has 0 spiro atoms. The third-order valence-corrected chi connectivity index (χ3v) is 6.44. The Balaban J connectivity index is 0.000000509. The number of likely N-dealkylation sites (tertiary alicyclic amines) is 1. The summed E-state index contributed by atoms with van der Waals surface area (Å²) in [6, 6.07) is 23.4. The smallest absolute Gasteiger partial charge is 0.414 e. The Labute approximate surface area is 209 Å². The van der Waals surface area contributed by atoms with Crippen molar-refractivity contribution in [3.63, 3.8) is 0 Å². The summed E-state index contributed by atoms with van der Waals surface area (Å²) in [5.41, 5.74) is 3.09. The summed E-state index contributed by atoms with van der Waals surface area (Å²) in [7, 11) is 0. The van der Waals surface area contributed by atoms with E-state index in [9.17, 15) is 0 Å². The van der Waals surface area contributed by atoms with Crippen LogP contribution in [0.25, 0.3) is 10.8 Å². The monoisotopic (exact) mass is 494 g/mol. The molecule has 0 saturated carbocycles. The Morgan fingerprint density at radius 1 is 0.914 bits per heavy atom. The molecule has 0 bridgehead atoms. The first-order valence-electron chi connectivity index (χ1n) is 11.5. The van der Waals surface area contributed by atoms with Gasteiger partial charge in [0.05, 0.1) is 0 Å². The lowest BCUT2D eigenvalue weighted by atomic mass is 9.97. The summed E-state index contributed by atoms with van der Waals surface area (Å²) in [6.07, 6.45) is 6.05. The number of carbonyl (C=O) groups is 2. The predicted molar refractivity (Wildman–Crippen MR) is 139 cm³/mol. The largest absolute Gasteiger partial charge is 0.473 e. The molecule has 35 heavy (non-hydrogen) atoms. The summed E-state index contributed by atoms with van der Waals surface area (Å²) >= 11 is 1.75. The van der Waals surface area contributed by atoms with Crippen LogP contribution >= 0.6 is 11.8 Å². The topological polar surface area (TPSA) is 99.4 Å². The van der Waals surface area contributed by atoms with Gasteiger partial charge in [0, 0.05) is 22.6 Å². The second-order valence-electron chi connectivity index (χ2n) is 8.04. The molecule has 1 heterocycles. The lowest BCUT2D eigenvalue weighted by molar-refractivity contribution is -0.159. The molecule has 3 aromatic carbocycles. The van der Waals surface area contributed by atoms with Crippen molar-refractivity contribution in [3.8, 4) is 0 Å². The van der Waals surface area contributed by atoms with E-state index in [4.69, 9.17) is 24.6 Å². The van der Waals surface area contributed by atoms with Crippen LogP contribution in [0, 0.1) is 0 Å². The van der Waals surface area contributed by atoms with E-state index in [2.05, 4.69) is 83.0 Å². The predicted octanol–water partition coefficient (Wildman–Crippen LogP) is 4.97. The highest BCUT2D eigenvalue weighted by atomic mass is 32.2. The Bertz CT molecular complexity index is 1140. The van der Waals surface area contributed by atoms with Crippen LogP contribution in [0.3, 0.4) is 0 Å². The maximum absolute atomic E-state index is 9.10. The van der Waals surface area contributed by atoms with Crippen molar-refractivity contribution < 1.29 is 24.6 Å². The summed E-state index contributed by atoms with van der Waals surface area (Å²) in [6.45, 7) is 3.92. The number of aliphatic carboxylic acids is 2. The van der Waals surface area contributed by atoms with Crippen LogP contribution in [-0.2, 0) is 14.4 Å². The molecule has 0 amide bonds. The first-order chi connectivity index (χ1) is 17.0. The Hall–Kier alpha value is -3.36. The first kappa shape index (κ1) is 26.2. The minimum atomic E-state index is -1.82. The maximum atomic E-state index is 9.10. The van der Waals surface area contributed by atoms with Gasteiger partial charge < -0.3 is 15.1 Å². The molecule has 8 heteroatoms. The number of hydrogen-bond donors (Lipinski definition) is 2. The van der Waals surface area contributed by atoms with Gasteiger partial charge >= 0.3 is 11.9 Å². The Morgan fingerprint density at radius 2 is 1.57 bits per heavy atom. The normalized spacial score (nSPS) is 14.1. The van der Waals surface area contributed by atoms with Crippen LogP contribution in [0.2, 0.25) is 0 Å². The number of thioether (sulfide) groups is 1. The molecule has 0 aromatic heterocycles. The van der Waals surface area contributed by atoms with Crippen molar-refractivity contribution in [1.29, 1.82) is 0 Å². The SMILES string of the molecule is CSc1ccc(C(=NOCCN2CCCCC2)c2cccc3ccccc23)cc1.O=C(O)C(=O)O. The fourth-order valence-corrected chi connectivity index (χ4v) is 4.31. The lowest BCUT2D eigenvalue weighted by Gasteiger charge is -2.25. The van der Waals surface area contributed by atoms with Crippen LogP contribution < -0.4 is 0 Å². The third kappa shape index (κ3) is 7.83. The molecular weight excluding hydrogens is 464 g/mol. The van der Waals surface area contributed by atoms with Crippen molar-refractivity contribution in [3.05, 3.63) is 77.9 Å². The van der Waals surface area contributed by atoms with Crippen LogP contribution in [-0.4, -0.2) is 65.3 Å². The Kier molecular flexibility index (Phi) is 10.1. The first-order valence-corrected chi connectivity index (χ1v) is 12.7. The van der Waals surface area contributed by atoms with Gasteiger partial charge in [-0.25, -0.2) is 9.59 Å². The average molecular weight is 495 g/mol. The highest BCUT2D eigenvalue weighted by molar-refractivity contribution is 7.98. The van der Waals surface area contributed by atoms with Crippen LogP contribution in [0.4, 0.5) is 0 Å². The molecule has 1 fully saturated rings. The molecule has 0 atom stereocenters. The zero-order valence-electron chi connectivity index (χ0n) is 19.7. The number of oxime groups is 1. The van der Waals surface area contributed by atoms with Gasteiger partial charge in [-0.2, -0.15) is 0 Å². The number of benzene rings is 3. The van der Waals surface area contributed by atoms with Crippen LogP contribution in [0.1, 0.15) is 30.4 Å². The summed E-state index contributed by atoms with van der Waals surface area (Å²) in [5.74, 6) is -3.65. The quantitative estimate of drug-likeness (QED) is 0.157. The molecule has 1 saturated heterocycles. The van der Waals surface area contributed by atoms with Crippen LogP contribution in [0.15, 0.2) is 76.8 Å². The number of piperidine rings is 1. The zero-order chi connectivity index (χ0) is 25.0. The zero-order valence-corrected chi connectivity index (χ0v) is 20.5. The van der Waals surface area contributed by atoms with Crippen molar-refractivity contribution in [2.45, 2.75) is 24.2 Å². The highest BCUT2D eigenvalue weighted by Gasteiger charge is 2.13. The van der Waals surface area contributed by atoms with E-state index in [0.29, 0.717) is 6.61 Å². The maximum Gasteiger partial charge on any atom is 0.414 e. The molecule has 4 rings (SSSR count). The minimum Gasteiger partial charge on any atom is -0.473 e. The molecule has 0 aliphatic carbocycles. The third-order valence-electron chi connectivity index (χ3n) is 5.69. The molecule has 1 aliphatic rings. The van der Waals surface area contributed by atoms with Gasteiger partial charge in [0.2, 0.25) is 0 Å². The fraction of sp³-hybridized carbons (Fsp3) is 0.296. The van der Waals surface area contributed by atoms with Gasteiger partial charge in [0.25, 0.3) is 0 Å². The number of hydrogen-bond acceptors (Lipinski definition) is 6. The fourth-order valence-electron chi connectivity index (χ4n) is 3.90. The molecule has 1 aliphatic heterocycles. The molecule has 0 unspecified atom stereocenters. The summed E-state index contributed by atoms with van der Waals surface area (Å²) in [5, 5.41) is 21.8. The van der Waals surface area contributed by atoms with E-state index in [0.717, 1.165) is 23.4 Å². The molecule has 184 valence electrons. The standard InChI is InChI=1S/C25H28N2OS.C2H2O4/c1-29-22-14-12-21(13-15-22)25(26-28-19-18-27-16-5-2-6-17-27)24-11-7-9-20-8-3-4-10-23(20)24;3-1(4)2(5)6/h3-4,7-15H,2,5-6,16-19H2,1H3;(H,3,4)(H,5,6). The van der Waals surface area contributed by atoms with E-state index in [1.165, 1.54) is 48.0 Å². The van der Waals surface area contributed by atoms with Gasteiger partial charge in [-0.05, 0) is 55.1 Å². The van der Waals surface area contributed by atoms with Gasteiger partial charge in [-0.15, -0.1) is 11.8 Å². The van der Waals surface area contributed by atoms with Crippen molar-refractivity contribution in [1.82, 2.24) is 4.90 Å². The van der Waals surface area contributed by atoms with E-state index in [1.807, 2.05) is 0 Å². The molecule has 0 radical (unpaired) electrons. The van der Waals surface area contributed by atoms with Gasteiger partial charge in [-0.3, -0.25) is 4.90 Å². The van der Waals surface area contributed by atoms with Gasteiger partial charge in [0.1, 0.15) is 12.3 Å². The number of fused-ring (bicyclic) bond motifs is 1. The van der Waals surface area contributed by atoms with E-state index in [1.54, 1.807) is 11.8 Å². The van der Waals surface area contributed by atoms with E-state index >= 15 is 0 Å². The number of rotatable bonds is 7. The molecule has 2 N–H and O–H groups in total. The average Bonchev–Trinajstić information content (AvgIpc) is 2.89. The molecular formula is C27H30N2O5S.